The molecule has 0 aliphatic heterocycles. The first-order chi connectivity index (χ1) is 8.86. The summed E-state index contributed by atoms with van der Waals surface area (Å²) < 4.78 is 37.6. The van der Waals surface area contributed by atoms with Gasteiger partial charge in [0, 0.05) is 16.6 Å². The van der Waals surface area contributed by atoms with Crippen molar-refractivity contribution in [2.45, 2.75) is 19.5 Å². The molecule has 0 aliphatic rings. The highest BCUT2D eigenvalue weighted by atomic mass is 32.1. The summed E-state index contributed by atoms with van der Waals surface area (Å²) in [5.74, 6) is -0.361. The Morgan fingerprint density at radius 1 is 1.37 bits per heavy atom. The minimum absolute atomic E-state index is 0.0276. The van der Waals surface area contributed by atoms with Crippen LogP contribution in [0.1, 0.15) is 26.6 Å². The number of carbonyl (C=O) groups is 1. The first kappa shape index (κ1) is 13.7. The van der Waals surface area contributed by atoms with Gasteiger partial charge in [0.15, 0.2) is 5.78 Å². The molecule has 0 atom stereocenters. The van der Waals surface area contributed by atoms with Crippen LogP contribution in [-0.2, 0) is 12.6 Å². The number of rotatable bonds is 3. The highest BCUT2D eigenvalue weighted by Gasteiger charge is 2.30. The van der Waals surface area contributed by atoms with Crippen molar-refractivity contribution in [3.05, 3.63) is 51.5 Å². The molecule has 1 aromatic carbocycles. The molecular formula is C13H10F3NOS. The lowest BCUT2D eigenvalue weighted by Gasteiger charge is -2.07. The third-order valence-electron chi connectivity index (χ3n) is 2.49. The molecule has 19 heavy (non-hydrogen) atoms. The van der Waals surface area contributed by atoms with E-state index in [2.05, 4.69) is 4.98 Å². The van der Waals surface area contributed by atoms with Crippen molar-refractivity contribution in [1.29, 1.82) is 0 Å². The number of ketones is 1. The summed E-state index contributed by atoms with van der Waals surface area (Å²) in [6, 6.07) is 4.45. The molecule has 100 valence electrons. The summed E-state index contributed by atoms with van der Waals surface area (Å²) in [7, 11) is 0. The SMILES string of the molecule is Cc1csc(CC(=O)c2cccc(C(F)(F)F)c2)n1. The maximum atomic E-state index is 12.5. The molecule has 6 heteroatoms. The van der Waals surface area contributed by atoms with Crippen LogP contribution in [0.3, 0.4) is 0 Å². The Morgan fingerprint density at radius 3 is 2.68 bits per heavy atom. The molecule has 2 nitrogen and oxygen atoms in total. The first-order valence-corrected chi connectivity index (χ1v) is 6.35. The molecule has 0 radical (unpaired) electrons. The number of hydrogen-bond donors (Lipinski definition) is 0. The molecule has 1 heterocycles. The molecule has 0 N–H and O–H groups in total. The Bertz CT molecular complexity index is 604. The van der Waals surface area contributed by atoms with Crippen LogP contribution < -0.4 is 0 Å². The lowest BCUT2D eigenvalue weighted by atomic mass is 10.1. The van der Waals surface area contributed by atoms with Crippen molar-refractivity contribution in [2.24, 2.45) is 0 Å². The van der Waals surface area contributed by atoms with Gasteiger partial charge in [0.05, 0.1) is 12.0 Å². The Labute approximate surface area is 111 Å². The average Bonchev–Trinajstić information content (AvgIpc) is 2.74. The number of hydrogen-bond acceptors (Lipinski definition) is 3. The van der Waals surface area contributed by atoms with Crippen molar-refractivity contribution in [2.75, 3.05) is 0 Å². The number of benzene rings is 1. The zero-order valence-electron chi connectivity index (χ0n) is 9.99. The topological polar surface area (TPSA) is 30.0 Å². The summed E-state index contributed by atoms with van der Waals surface area (Å²) in [6.07, 6.45) is -4.41. The fraction of sp³-hybridized carbons (Fsp3) is 0.231. The van der Waals surface area contributed by atoms with E-state index >= 15 is 0 Å². The molecule has 0 saturated heterocycles. The first-order valence-electron chi connectivity index (χ1n) is 5.48. The van der Waals surface area contributed by atoms with Crippen molar-refractivity contribution in [3.63, 3.8) is 0 Å². The van der Waals surface area contributed by atoms with Gasteiger partial charge in [-0.2, -0.15) is 13.2 Å². The van der Waals surface area contributed by atoms with Gasteiger partial charge in [-0.15, -0.1) is 11.3 Å². The average molecular weight is 285 g/mol. The van der Waals surface area contributed by atoms with Crippen LogP contribution in [0.4, 0.5) is 13.2 Å². The normalized spacial score (nSPS) is 11.6. The van der Waals surface area contributed by atoms with E-state index in [1.54, 1.807) is 12.3 Å². The lowest BCUT2D eigenvalue weighted by Crippen LogP contribution is -2.08. The monoisotopic (exact) mass is 285 g/mol. The quantitative estimate of drug-likeness (QED) is 0.801. The van der Waals surface area contributed by atoms with Gasteiger partial charge in [-0.1, -0.05) is 12.1 Å². The van der Waals surface area contributed by atoms with Crippen LogP contribution in [0.5, 0.6) is 0 Å². The summed E-state index contributed by atoms with van der Waals surface area (Å²) in [6.45, 7) is 1.80. The Hall–Kier alpha value is -1.69. The number of carbonyl (C=O) groups excluding carboxylic acids is 1. The van der Waals surface area contributed by atoms with Gasteiger partial charge in [0.1, 0.15) is 5.01 Å². The van der Waals surface area contributed by atoms with Crippen molar-refractivity contribution in [3.8, 4) is 0 Å². The zero-order valence-corrected chi connectivity index (χ0v) is 10.8. The van der Waals surface area contributed by atoms with Crippen LogP contribution in [0.15, 0.2) is 29.6 Å². The molecule has 0 bridgehead atoms. The van der Waals surface area contributed by atoms with E-state index in [9.17, 15) is 18.0 Å². The van der Waals surface area contributed by atoms with E-state index in [0.717, 1.165) is 17.8 Å². The van der Waals surface area contributed by atoms with Gasteiger partial charge < -0.3 is 0 Å². The molecule has 0 unspecified atom stereocenters. The van der Waals surface area contributed by atoms with Gasteiger partial charge in [-0.05, 0) is 19.1 Å². The standard InChI is InChI=1S/C13H10F3NOS/c1-8-7-19-12(17-8)6-11(18)9-3-2-4-10(5-9)13(14,15)16/h2-5,7H,6H2,1H3. The molecule has 0 spiro atoms. The minimum atomic E-state index is -4.44. The van der Waals surface area contributed by atoms with Gasteiger partial charge >= 0.3 is 6.18 Å². The molecule has 0 saturated carbocycles. The Kier molecular flexibility index (Phi) is 3.71. The molecule has 2 aromatic rings. The van der Waals surface area contributed by atoms with Crippen LogP contribution in [0, 0.1) is 6.92 Å². The Balaban J connectivity index is 2.20. The highest BCUT2D eigenvalue weighted by Crippen LogP contribution is 2.29. The van der Waals surface area contributed by atoms with E-state index in [4.69, 9.17) is 0 Å². The predicted molar refractivity (Wildman–Crippen MR) is 66.3 cm³/mol. The number of halogens is 3. The number of thiazole rings is 1. The molecule has 0 fully saturated rings. The maximum absolute atomic E-state index is 12.5. The Morgan fingerprint density at radius 2 is 2.11 bits per heavy atom. The van der Waals surface area contributed by atoms with E-state index < -0.39 is 11.7 Å². The second-order valence-electron chi connectivity index (χ2n) is 4.06. The fourth-order valence-electron chi connectivity index (χ4n) is 1.59. The van der Waals surface area contributed by atoms with E-state index in [1.165, 1.54) is 23.5 Å². The molecule has 2 rings (SSSR count). The number of aromatic nitrogens is 1. The van der Waals surface area contributed by atoms with Crippen molar-refractivity contribution >= 4 is 17.1 Å². The van der Waals surface area contributed by atoms with E-state index in [0.29, 0.717) is 5.01 Å². The molecule has 0 amide bonds. The summed E-state index contributed by atoms with van der Waals surface area (Å²) in [5, 5.41) is 2.41. The largest absolute Gasteiger partial charge is 0.416 e. The zero-order chi connectivity index (χ0) is 14.0. The third kappa shape index (κ3) is 3.41. The van der Waals surface area contributed by atoms with Crippen molar-refractivity contribution < 1.29 is 18.0 Å². The van der Waals surface area contributed by atoms with Crippen molar-refractivity contribution in [1.82, 2.24) is 4.98 Å². The third-order valence-corrected chi connectivity index (χ3v) is 3.46. The van der Waals surface area contributed by atoms with E-state index in [-0.39, 0.29) is 17.8 Å². The van der Waals surface area contributed by atoms with Crippen LogP contribution in [-0.4, -0.2) is 10.8 Å². The smallest absolute Gasteiger partial charge is 0.294 e. The van der Waals surface area contributed by atoms with E-state index in [1.807, 2.05) is 0 Å². The highest BCUT2D eigenvalue weighted by molar-refractivity contribution is 7.09. The second kappa shape index (κ2) is 5.13. The van der Waals surface area contributed by atoms with Gasteiger partial charge in [-0.25, -0.2) is 4.98 Å². The maximum Gasteiger partial charge on any atom is 0.416 e. The summed E-state index contributed by atoms with van der Waals surface area (Å²) in [4.78, 5) is 16.0. The number of alkyl halides is 3. The molecule has 1 aromatic heterocycles. The number of Topliss-reactive ketones (excluding diaryl/α,β-unsaturated/α-hetero) is 1. The van der Waals surface area contributed by atoms with Gasteiger partial charge in [-0.3, -0.25) is 4.79 Å². The summed E-state index contributed by atoms with van der Waals surface area (Å²) >= 11 is 1.33. The number of aryl methyl sites for hydroxylation is 1. The van der Waals surface area contributed by atoms with Gasteiger partial charge in [0.25, 0.3) is 0 Å². The second-order valence-corrected chi connectivity index (χ2v) is 5.00. The fourth-order valence-corrected chi connectivity index (χ4v) is 2.36. The number of nitrogens with zero attached hydrogens (tertiary/aromatic N) is 1. The predicted octanol–water partition coefficient (Wildman–Crippen LogP) is 3.90. The molecule has 0 aliphatic carbocycles. The van der Waals surface area contributed by atoms with Crippen LogP contribution in [0.25, 0.3) is 0 Å². The minimum Gasteiger partial charge on any atom is -0.294 e. The van der Waals surface area contributed by atoms with Crippen LogP contribution >= 0.6 is 11.3 Å². The van der Waals surface area contributed by atoms with Gasteiger partial charge in [0.2, 0.25) is 0 Å². The molecular weight excluding hydrogens is 275 g/mol. The lowest BCUT2D eigenvalue weighted by molar-refractivity contribution is -0.137. The summed E-state index contributed by atoms with van der Waals surface area (Å²) in [5.41, 5.74) is 0.0492. The van der Waals surface area contributed by atoms with Crippen LogP contribution in [0.2, 0.25) is 0 Å².